The molecule has 0 aromatic heterocycles. The molecule has 0 aliphatic rings. The van der Waals surface area contributed by atoms with Crippen LogP contribution in [0.5, 0.6) is 5.75 Å². The molecule has 0 fully saturated rings. The Kier molecular flexibility index (Phi) is 6.41. The van der Waals surface area contributed by atoms with Gasteiger partial charge in [0.25, 0.3) is 0 Å². The van der Waals surface area contributed by atoms with Crippen molar-refractivity contribution in [3.63, 3.8) is 0 Å². The summed E-state index contributed by atoms with van der Waals surface area (Å²) in [6.07, 6.45) is 1.11. The van der Waals surface area contributed by atoms with Gasteiger partial charge in [0.05, 0.1) is 12.1 Å². The fourth-order valence-electron chi connectivity index (χ4n) is 2.35. The lowest BCUT2D eigenvalue weighted by Gasteiger charge is -2.20. The summed E-state index contributed by atoms with van der Waals surface area (Å²) in [5, 5.41) is 7.21. The second-order valence-corrected chi connectivity index (χ2v) is 6.07. The van der Waals surface area contributed by atoms with E-state index in [0.29, 0.717) is 5.11 Å². The summed E-state index contributed by atoms with van der Waals surface area (Å²) in [7, 11) is 0. The van der Waals surface area contributed by atoms with Crippen molar-refractivity contribution in [2.24, 2.45) is 0 Å². The van der Waals surface area contributed by atoms with Gasteiger partial charge in [-0.2, -0.15) is 0 Å². The number of ether oxygens (including phenoxy) is 1. The fraction of sp³-hybridized carbons (Fsp3) is 0.316. The van der Waals surface area contributed by atoms with Crippen LogP contribution in [0.4, 0.5) is 5.69 Å². The summed E-state index contributed by atoms with van der Waals surface area (Å²) in [6.45, 7) is 6.17. The van der Waals surface area contributed by atoms with E-state index in [2.05, 4.69) is 29.7 Å². The zero-order chi connectivity index (χ0) is 16.7. The molecule has 2 rings (SSSR count). The van der Waals surface area contributed by atoms with Crippen LogP contribution in [0.3, 0.4) is 0 Å². The molecular formula is C19H24N2OS. The highest BCUT2D eigenvalue weighted by atomic mass is 32.1. The molecule has 0 radical (unpaired) electrons. The van der Waals surface area contributed by atoms with Gasteiger partial charge in [0.15, 0.2) is 5.11 Å². The standard InChI is InChI=1S/C19H24N2OS/c1-4-18(15-9-6-5-7-10-15)21-19(23)20-16-11-8-12-17(13-16)22-14(2)3/h5-14,18H,4H2,1-3H3,(H2,20,21,23)/t18-/m0/s1. The maximum Gasteiger partial charge on any atom is 0.171 e. The van der Waals surface area contributed by atoms with Crippen molar-refractivity contribution in [3.8, 4) is 5.75 Å². The van der Waals surface area contributed by atoms with E-state index in [1.807, 2.05) is 56.3 Å². The minimum atomic E-state index is 0.151. The molecule has 122 valence electrons. The minimum Gasteiger partial charge on any atom is -0.491 e. The monoisotopic (exact) mass is 328 g/mol. The number of thiocarbonyl (C=S) groups is 1. The van der Waals surface area contributed by atoms with Crippen LogP contribution < -0.4 is 15.4 Å². The van der Waals surface area contributed by atoms with Crippen molar-refractivity contribution < 1.29 is 4.74 Å². The molecule has 2 aromatic rings. The number of hydrogen-bond acceptors (Lipinski definition) is 2. The van der Waals surface area contributed by atoms with Crippen molar-refractivity contribution >= 4 is 23.0 Å². The lowest BCUT2D eigenvalue weighted by atomic mass is 10.1. The van der Waals surface area contributed by atoms with Crippen molar-refractivity contribution in [2.75, 3.05) is 5.32 Å². The molecule has 0 aliphatic carbocycles. The van der Waals surface area contributed by atoms with Gasteiger partial charge in [-0.3, -0.25) is 0 Å². The Labute approximate surface area is 144 Å². The maximum absolute atomic E-state index is 5.70. The van der Waals surface area contributed by atoms with Gasteiger partial charge in [-0.1, -0.05) is 43.3 Å². The van der Waals surface area contributed by atoms with Crippen LogP contribution in [0.2, 0.25) is 0 Å². The largest absolute Gasteiger partial charge is 0.491 e. The third-order valence-electron chi connectivity index (χ3n) is 3.38. The lowest BCUT2D eigenvalue weighted by molar-refractivity contribution is 0.242. The second-order valence-electron chi connectivity index (χ2n) is 5.66. The van der Waals surface area contributed by atoms with Gasteiger partial charge >= 0.3 is 0 Å². The predicted molar refractivity (Wildman–Crippen MR) is 101 cm³/mol. The molecule has 0 bridgehead atoms. The normalized spacial score (nSPS) is 11.8. The smallest absolute Gasteiger partial charge is 0.171 e. The predicted octanol–water partition coefficient (Wildman–Crippen LogP) is 4.91. The Hall–Kier alpha value is -2.07. The molecule has 2 N–H and O–H groups in total. The van der Waals surface area contributed by atoms with E-state index in [9.17, 15) is 0 Å². The summed E-state index contributed by atoms with van der Waals surface area (Å²) in [5.41, 5.74) is 2.15. The van der Waals surface area contributed by atoms with Gasteiger partial charge in [-0.15, -0.1) is 0 Å². The maximum atomic E-state index is 5.70. The van der Waals surface area contributed by atoms with Crippen LogP contribution in [-0.2, 0) is 0 Å². The van der Waals surface area contributed by atoms with Crippen LogP contribution in [0.25, 0.3) is 0 Å². The molecular weight excluding hydrogens is 304 g/mol. The quantitative estimate of drug-likeness (QED) is 0.738. The fourth-order valence-corrected chi connectivity index (χ4v) is 2.61. The first kappa shape index (κ1) is 17.3. The summed E-state index contributed by atoms with van der Waals surface area (Å²) in [6, 6.07) is 18.4. The van der Waals surface area contributed by atoms with Gasteiger partial charge in [-0.05, 0) is 50.2 Å². The Morgan fingerprint density at radius 1 is 1.09 bits per heavy atom. The first-order valence-electron chi connectivity index (χ1n) is 7.97. The minimum absolute atomic E-state index is 0.151. The van der Waals surface area contributed by atoms with E-state index in [1.165, 1.54) is 5.56 Å². The summed E-state index contributed by atoms with van der Waals surface area (Å²) >= 11 is 5.45. The molecule has 2 aromatic carbocycles. The van der Waals surface area contributed by atoms with E-state index in [1.54, 1.807) is 0 Å². The molecule has 0 saturated carbocycles. The van der Waals surface area contributed by atoms with Crippen molar-refractivity contribution in [1.29, 1.82) is 0 Å². The summed E-state index contributed by atoms with van der Waals surface area (Å²) < 4.78 is 5.70. The molecule has 0 amide bonds. The summed E-state index contributed by atoms with van der Waals surface area (Å²) in [4.78, 5) is 0. The molecule has 3 nitrogen and oxygen atoms in total. The van der Waals surface area contributed by atoms with E-state index in [0.717, 1.165) is 17.9 Å². The van der Waals surface area contributed by atoms with Gasteiger partial charge < -0.3 is 15.4 Å². The molecule has 1 atom stereocenters. The van der Waals surface area contributed by atoms with Crippen molar-refractivity contribution in [2.45, 2.75) is 39.3 Å². The molecule has 0 heterocycles. The highest BCUT2D eigenvalue weighted by molar-refractivity contribution is 7.80. The van der Waals surface area contributed by atoms with Crippen molar-refractivity contribution in [3.05, 3.63) is 60.2 Å². The van der Waals surface area contributed by atoms with E-state index >= 15 is 0 Å². The van der Waals surface area contributed by atoms with Crippen LogP contribution in [0.1, 0.15) is 38.8 Å². The van der Waals surface area contributed by atoms with Gasteiger partial charge in [0, 0.05) is 11.8 Å². The lowest BCUT2D eigenvalue weighted by Crippen LogP contribution is -2.32. The van der Waals surface area contributed by atoms with E-state index < -0.39 is 0 Å². The zero-order valence-electron chi connectivity index (χ0n) is 13.9. The van der Waals surface area contributed by atoms with Gasteiger partial charge in [-0.25, -0.2) is 0 Å². The second kappa shape index (κ2) is 8.53. The van der Waals surface area contributed by atoms with Crippen LogP contribution >= 0.6 is 12.2 Å². The van der Waals surface area contributed by atoms with Crippen molar-refractivity contribution in [1.82, 2.24) is 5.32 Å². The van der Waals surface area contributed by atoms with E-state index in [4.69, 9.17) is 17.0 Å². The highest BCUT2D eigenvalue weighted by Crippen LogP contribution is 2.20. The molecule has 0 saturated heterocycles. The number of rotatable bonds is 6. The Balaban J connectivity index is 1.98. The summed E-state index contributed by atoms with van der Waals surface area (Å²) in [5.74, 6) is 0.836. The molecule has 0 unspecified atom stereocenters. The molecule has 0 spiro atoms. The first-order valence-corrected chi connectivity index (χ1v) is 8.38. The highest BCUT2D eigenvalue weighted by Gasteiger charge is 2.10. The number of anilines is 1. The zero-order valence-corrected chi connectivity index (χ0v) is 14.7. The van der Waals surface area contributed by atoms with Crippen LogP contribution in [0.15, 0.2) is 54.6 Å². The Morgan fingerprint density at radius 3 is 2.48 bits per heavy atom. The van der Waals surface area contributed by atoms with E-state index in [-0.39, 0.29) is 12.1 Å². The Bertz CT molecular complexity index is 628. The Morgan fingerprint density at radius 2 is 1.83 bits per heavy atom. The topological polar surface area (TPSA) is 33.3 Å². The van der Waals surface area contributed by atoms with Gasteiger partial charge in [0.1, 0.15) is 5.75 Å². The third-order valence-corrected chi connectivity index (χ3v) is 3.60. The number of hydrogen-bond donors (Lipinski definition) is 2. The molecule has 4 heteroatoms. The average Bonchev–Trinajstić information content (AvgIpc) is 2.53. The number of nitrogens with one attached hydrogen (secondary N) is 2. The first-order chi connectivity index (χ1) is 11.1. The third kappa shape index (κ3) is 5.57. The SMILES string of the molecule is CC[C@H](NC(=S)Nc1cccc(OC(C)C)c1)c1ccccc1. The van der Waals surface area contributed by atoms with Crippen LogP contribution in [-0.4, -0.2) is 11.2 Å². The van der Waals surface area contributed by atoms with Crippen LogP contribution in [0, 0.1) is 0 Å². The number of benzene rings is 2. The average molecular weight is 328 g/mol. The molecule has 23 heavy (non-hydrogen) atoms. The molecule has 0 aliphatic heterocycles. The van der Waals surface area contributed by atoms with Gasteiger partial charge in [0.2, 0.25) is 0 Å².